The number of rotatable bonds is 3. The molecule has 3 aliphatic carbocycles. The van der Waals surface area contributed by atoms with Crippen LogP contribution >= 0.6 is 15.9 Å². The summed E-state index contributed by atoms with van der Waals surface area (Å²) in [7, 11) is 0. The van der Waals surface area contributed by atoms with E-state index >= 15 is 0 Å². The number of benzene rings is 6. The molecule has 1 heteroatoms. The minimum Gasteiger partial charge on any atom is -0.0905 e. The smallest absolute Gasteiger partial charge is 0.0254 e. The Morgan fingerprint density at radius 3 is 1.98 bits per heavy atom. The van der Waals surface area contributed by atoms with Crippen LogP contribution in [0, 0.1) is 0 Å². The zero-order valence-electron chi connectivity index (χ0n) is 24.4. The van der Waals surface area contributed by atoms with Crippen molar-refractivity contribution in [2.75, 3.05) is 0 Å². The highest BCUT2D eigenvalue weighted by molar-refractivity contribution is 9.10. The SMILES string of the molecule is C=C1c2ccccc2-c2cccc(C3=C(C)C(c4ccccc4)C4C(=C3c3ccccc3)c3cccc5c(Br)ccc4c35)c21. The molecule has 0 spiro atoms. The van der Waals surface area contributed by atoms with Gasteiger partial charge < -0.3 is 0 Å². The third-order valence-electron chi connectivity index (χ3n) is 10.1. The Labute approximate surface area is 266 Å². The predicted molar refractivity (Wildman–Crippen MR) is 189 cm³/mol. The second-order valence-electron chi connectivity index (χ2n) is 12.2. The minimum absolute atomic E-state index is 0.193. The summed E-state index contributed by atoms with van der Waals surface area (Å²) in [5.41, 5.74) is 18.4. The summed E-state index contributed by atoms with van der Waals surface area (Å²) < 4.78 is 1.15. The molecule has 0 saturated carbocycles. The molecule has 2 atom stereocenters. The lowest BCUT2D eigenvalue weighted by Crippen LogP contribution is -2.19. The first-order valence-electron chi connectivity index (χ1n) is 15.3. The zero-order chi connectivity index (χ0) is 29.5. The topological polar surface area (TPSA) is 0 Å². The number of halogens is 1. The highest BCUT2D eigenvalue weighted by Gasteiger charge is 2.44. The van der Waals surface area contributed by atoms with Crippen LogP contribution in [-0.4, -0.2) is 0 Å². The fourth-order valence-corrected chi connectivity index (χ4v) is 8.82. The van der Waals surface area contributed by atoms with Gasteiger partial charge in [0.05, 0.1) is 0 Å². The van der Waals surface area contributed by atoms with E-state index in [2.05, 4.69) is 163 Å². The van der Waals surface area contributed by atoms with Gasteiger partial charge in [0, 0.05) is 16.3 Å². The summed E-state index contributed by atoms with van der Waals surface area (Å²) in [6.07, 6.45) is 0. The summed E-state index contributed by atoms with van der Waals surface area (Å²) in [5.74, 6) is 0.403. The Bertz CT molecular complexity index is 2250. The molecule has 6 aromatic rings. The second kappa shape index (κ2) is 9.64. The fourth-order valence-electron chi connectivity index (χ4n) is 8.36. The average molecular weight is 626 g/mol. The lowest BCUT2D eigenvalue weighted by atomic mass is 9.65. The molecule has 6 aromatic carbocycles. The van der Waals surface area contributed by atoms with Crippen LogP contribution in [0.15, 0.2) is 150 Å². The van der Waals surface area contributed by atoms with E-state index in [9.17, 15) is 0 Å². The van der Waals surface area contributed by atoms with Gasteiger partial charge in [0.25, 0.3) is 0 Å². The maximum atomic E-state index is 4.69. The van der Waals surface area contributed by atoms with Crippen molar-refractivity contribution in [1.29, 1.82) is 0 Å². The minimum atomic E-state index is 0.193. The molecule has 0 aromatic heterocycles. The number of hydrogen-bond acceptors (Lipinski definition) is 0. The lowest BCUT2D eigenvalue weighted by molar-refractivity contribution is 0.724. The van der Waals surface area contributed by atoms with Crippen molar-refractivity contribution in [1.82, 2.24) is 0 Å². The van der Waals surface area contributed by atoms with Crippen LogP contribution in [0.2, 0.25) is 0 Å². The third-order valence-corrected chi connectivity index (χ3v) is 10.8. The normalized spacial score (nSPS) is 18.1. The van der Waals surface area contributed by atoms with Gasteiger partial charge in [-0.25, -0.2) is 0 Å². The molecule has 208 valence electrons. The molecule has 44 heavy (non-hydrogen) atoms. The van der Waals surface area contributed by atoms with Crippen LogP contribution in [0.4, 0.5) is 0 Å². The molecule has 0 fully saturated rings. The van der Waals surface area contributed by atoms with Crippen molar-refractivity contribution < 1.29 is 0 Å². The standard InChI is InChI=1S/C43H29Br/c1-25-29-17-9-10-18-30(29)31-19-11-21-33(38(25)31)39-26(2)37(27-13-5-3-6-14-27)42-35-23-24-36(44)32-20-12-22-34(41(32)35)43(42)40(39)28-15-7-4-8-16-28/h3-24,37,42H,1H2,2H3. The fraction of sp³-hybridized carbons (Fsp3) is 0.0698. The van der Waals surface area contributed by atoms with Crippen molar-refractivity contribution in [3.63, 3.8) is 0 Å². The Hall–Kier alpha value is -4.72. The van der Waals surface area contributed by atoms with Gasteiger partial charge in [0.1, 0.15) is 0 Å². The van der Waals surface area contributed by atoms with Crippen molar-refractivity contribution in [3.8, 4) is 11.1 Å². The van der Waals surface area contributed by atoms with Gasteiger partial charge in [-0.1, -0.05) is 155 Å². The van der Waals surface area contributed by atoms with E-state index in [1.54, 1.807) is 0 Å². The molecule has 0 heterocycles. The molecule has 9 rings (SSSR count). The summed E-state index contributed by atoms with van der Waals surface area (Å²) in [6, 6.07) is 49.2. The van der Waals surface area contributed by atoms with Crippen LogP contribution in [0.5, 0.6) is 0 Å². The van der Waals surface area contributed by atoms with Gasteiger partial charge >= 0.3 is 0 Å². The van der Waals surface area contributed by atoms with Crippen LogP contribution in [0.1, 0.15) is 57.7 Å². The Balaban J connectivity index is 1.44. The van der Waals surface area contributed by atoms with Gasteiger partial charge in [0.15, 0.2) is 0 Å². The summed E-state index contributed by atoms with van der Waals surface area (Å²) in [6.45, 7) is 7.07. The molecule has 3 aliphatic rings. The van der Waals surface area contributed by atoms with Crippen molar-refractivity contribution in [3.05, 3.63) is 189 Å². The monoisotopic (exact) mass is 624 g/mol. The molecular formula is C43H29Br. The van der Waals surface area contributed by atoms with Crippen LogP contribution in [-0.2, 0) is 0 Å². The first-order valence-corrected chi connectivity index (χ1v) is 16.1. The van der Waals surface area contributed by atoms with E-state index in [1.807, 2.05) is 0 Å². The van der Waals surface area contributed by atoms with Gasteiger partial charge in [-0.3, -0.25) is 0 Å². The van der Waals surface area contributed by atoms with Crippen LogP contribution in [0.3, 0.4) is 0 Å². The quantitative estimate of drug-likeness (QED) is 0.183. The molecule has 0 saturated heterocycles. The van der Waals surface area contributed by atoms with Gasteiger partial charge in [-0.2, -0.15) is 0 Å². The van der Waals surface area contributed by atoms with Crippen molar-refractivity contribution in [2.45, 2.75) is 18.8 Å². The van der Waals surface area contributed by atoms with Gasteiger partial charge in [-0.15, -0.1) is 0 Å². The third kappa shape index (κ3) is 3.45. The van der Waals surface area contributed by atoms with Crippen molar-refractivity contribution in [2.24, 2.45) is 0 Å². The predicted octanol–water partition coefficient (Wildman–Crippen LogP) is 11.9. The molecular weight excluding hydrogens is 596 g/mol. The van der Waals surface area contributed by atoms with Gasteiger partial charge in [0.2, 0.25) is 0 Å². The van der Waals surface area contributed by atoms with Gasteiger partial charge in [-0.05, 0) is 96.1 Å². The van der Waals surface area contributed by atoms with E-state index in [0.717, 1.165) is 10.0 Å². The molecule has 0 aliphatic heterocycles. The van der Waals surface area contributed by atoms with E-state index in [1.165, 1.54) is 83.1 Å². The zero-order valence-corrected chi connectivity index (χ0v) is 26.0. The average Bonchev–Trinajstić information content (AvgIpc) is 3.56. The first kappa shape index (κ1) is 25.7. The van der Waals surface area contributed by atoms with E-state index in [4.69, 9.17) is 0 Å². The highest BCUT2D eigenvalue weighted by atomic mass is 79.9. The molecule has 2 unspecified atom stereocenters. The number of fused-ring (bicyclic) bond motifs is 6. The van der Waals surface area contributed by atoms with E-state index in [-0.39, 0.29) is 11.8 Å². The second-order valence-corrected chi connectivity index (χ2v) is 13.1. The molecule has 0 amide bonds. The molecule has 0 nitrogen and oxygen atoms in total. The van der Waals surface area contributed by atoms with E-state index < -0.39 is 0 Å². The highest BCUT2D eigenvalue weighted by Crippen LogP contribution is 2.64. The van der Waals surface area contributed by atoms with E-state index in [0.29, 0.717) is 0 Å². The summed E-state index contributed by atoms with van der Waals surface area (Å²) in [5, 5.41) is 2.66. The number of hydrogen-bond donors (Lipinski definition) is 0. The Morgan fingerprint density at radius 1 is 0.545 bits per heavy atom. The van der Waals surface area contributed by atoms with Crippen molar-refractivity contribution >= 4 is 49.0 Å². The maximum absolute atomic E-state index is 4.69. The lowest BCUT2D eigenvalue weighted by Gasteiger charge is -2.37. The maximum Gasteiger partial charge on any atom is 0.0254 e. The Kier molecular flexibility index (Phi) is 5.64. The number of allylic oxidation sites excluding steroid dienone is 4. The van der Waals surface area contributed by atoms with Crippen LogP contribution in [0.25, 0.3) is 44.2 Å². The molecule has 0 bridgehead atoms. The first-order chi connectivity index (χ1) is 21.6. The molecule has 0 radical (unpaired) electrons. The summed E-state index contributed by atoms with van der Waals surface area (Å²) in [4.78, 5) is 0. The Morgan fingerprint density at radius 2 is 1.18 bits per heavy atom. The molecule has 0 N–H and O–H groups in total. The van der Waals surface area contributed by atoms with Crippen LogP contribution < -0.4 is 0 Å². The summed E-state index contributed by atoms with van der Waals surface area (Å²) >= 11 is 3.89. The largest absolute Gasteiger partial charge is 0.0905 e.